The summed E-state index contributed by atoms with van der Waals surface area (Å²) in [4.78, 5) is 3.42. The first-order valence-corrected chi connectivity index (χ1v) is 7.23. The van der Waals surface area contributed by atoms with Gasteiger partial charge in [-0.3, -0.25) is 0 Å². The smallest absolute Gasteiger partial charge is 0.0466 e. The Hall–Kier alpha value is -2.80. The predicted octanol–water partition coefficient (Wildman–Crippen LogP) is 5.48. The minimum absolute atomic E-state index is 1.20. The zero-order valence-corrected chi connectivity index (χ0v) is 11.4. The zero-order valence-electron chi connectivity index (χ0n) is 11.4. The topological polar surface area (TPSA) is 15.8 Å². The van der Waals surface area contributed by atoms with Gasteiger partial charge < -0.3 is 4.98 Å². The van der Waals surface area contributed by atoms with Gasteiger partial charge in [0.2, 0.25) is 0 Å². The van der Waals surface area contributed by atoms with Crippen LogP contribution >= 0.6 is 0 Å². The summed E-state index contributed by atoms with van der Waals surface area (Å²) in [5, 5.41) is 1.33. The van der Waals surface area contributed by atoms with Crippen molar-refractivity contribution in [3.8, 4) is 33.4 Å². The molecule has 1 N–H and O–H groups in total. The van der Waals surface area contributed by atoms with Crippen LogP contribution in [-0.4, -0.2) is 4.98 Å². The van der Waals surface area contributed by atoms with Gasteiger partial charge in [-0.1, -0.05) is 60.7 Å². The number of fused-ring (bicyclic) bond motifs is 5. The average molecular weight is 267 g/mol. The van der Waals surface area contributed by atoms with E-state index in [0.717, 1.165) is 0 Å². The highest BCUT2D eigenvalue weighted by Crippen LogP contribution is 2.46. The molecule has 0 fully saturated rings. The van der Waals surface area contributed by atoms with Crippen molar-refractivity contribution in [1.82, 2.24) is 4.98 Å². The van der Waals surface area contributed by atoms with Gasteiger partial charge >= 0.3 is 0 Å². The third-order valence-corrected chi connectivity index (χ3v) is 4.43. The van der Waals surface area contributed by atoms with Crippen LogP contribution in [0.4, 0.5) is 0 Å². The Balaban J connectivity index is 2.09. The lowest BCUT2D eigenvalue weighted by atomic mass is 9.94. The molecule has 4 aromatic rings. The molecule has 0 amide bonds. The molecule has 1 heterocycles. The minimum Gasteiger partial charge on any atom is -0.361 e. The van der Waals surface area contributed by atoms with Gasteiger partial charge in [-0.25, -0.2) is 0 Å². The fraction of sp³-hybridized carbons (Fsp3) is 0. The SMILES string of the molecule is c1ccc2c(c1)-c1ccccc1-c1c[nH]c3cccc-2c13. The molecule has 1 heteroatoms. The van der Waals surface area contributed by atoms with Crippen LogP contribution in [0.25, 0.3) is 44.3 Å². The average Bonchev–Trinajstić information content (AvgIpc) is 2.94. The van der Waals surface area contributed by atoms with Crippen molar-refractivity contribution in [3.63, 3.8) is 0 Å². The molecule has 0 unspecified atom stereocenters. The van der Waals surface area contributed by atoms with Gasteiger partial charge in [0.25, 0.3) is 0 Å². The van der Waals surface area contributed by atoms with Crippen LogP contribution in [0, 0.1) is 0 Å². The van der Waals surface area contributed by atoms with Crippen molar-refractivity contribution in [2.45, 2.75) is 0 Å². The maximum atomic E-state index is 3.42. The highest BCUT2D eigenvalue weighted by molar-refractivity contribution is 6.12. The molecule has 5 rings (SSSR count). The Kier molecular flexibility index (Phi) is 2.01. The molecule has 0 saturated heterocycles. The molecule has 1 aliphatic rings. The Labute approximate surface area is 122 Å². The maximum absolute atomic E-state index is 3.42. The molecule has 1 aromatic heterocycles. The number of aromatic nitrogens is 1. The first-order valence-electron chi connectivity index (χ1n) is 7.23. The first kappa shape index (κ1) is 10.9. The molecule has 0 aliphatic heterocycles. The van der Waals surface area contributed by atoms with E-state index < -0.39 is 0 Å². The van der Waals surface area contributed by atoms with Crippen LogP contribution in [-0.2, 0) is 0 Å². The minimum atomic E-state index is 1.20. The molecular formula is C20H13N. The number of H-pyrrole nitrogens is 1. The monoisotopic (exact) mass is 267 g/mol. The van der Waals surface area contributed by atoms with Gasteiger partial charge in [0.05, 0.1) is 0 Å². The van der Waals surface area contributed by atoms with Gasteiger partial charge in [-0.05, 0) is 33.9 Å². The molecule has 0 spiro atoms. The van der Waals surface area contributed by atoms with E-state index in [1.165, 1.54) is 44.3 Å². The van der Waals surface area contributed by atoms with E-state index >= 15 is 0 Å². The summed E-state index contributed by atoms with van der Waals surface area (Å²) in [6, 6.07) is 23.9. The molecule has 1 aliphatic carbocycles. The van der Waals surface area contributed by atoms with E-state index in [1.807, 2.05) is 0 Å². The summed E-state index contributed by atoms with van der Waals surface area (Å²) in [5.74, 6) is 0. The highest BCUT2D eigenvalue weighted by atomic mass is 14.7. The normalized spacial score (nSPS) is 11.8. The summed E-state index contributed by atoms with van der Waals surface area (Å²) in [6.45, 7) is 0. The van der Waals surface area contributed by atoms with Crippen LogP contribution in [0.1, 0.15) is 0 Å². The summed E-state index contributed by atoms with van der Waals surface area (Å²) in [7, 11) is 0. The lowest BCUT2D eigenvalue weighted by Crippen LogP contribution is -1.84. The number of hydrogen-bond acceptors (Lipinski definition) is 0. The second-order valence-corrected chi connectivity index (χ2v) is 5.52. The summed E-state index contributed by atoms with van der Waals surface area (Å²) in [6.07, 6.45) is 2.14. The van der Waals surface area contributed by atoms with Gasteiger partial charge in [0.1, 0.15) is 0 Å². The molecule has 0 radical (unpaired) electrons. The van der Waals surface area contributed by atoms with Crippen molar-refractivity contribution in [3.05, 3.63) is 72.9 Å². The number of rotatable bonds is 0. The van der Waals surface area contributed by atoms with E-state index in [4.69, 9.17) is 0 Å². The lowest BCUT2D eigenvalue weighted by molar-refractivity contribution is 1.47. The summed E-state index contributed by atoms with van der Waals surface area (Å²) in [5.41, 5.74) is 9.06. The standard InChI is InChI=1S/C20H13N/c1-3-8-15-13(6-1)14-7-2-4-9-16(14)18-12-21-19-11-5-10-17(15)20(18)19/h1-12,21H. The van der Waals surface area contributed by atoms with Crippen molar-refractivity contribution < 1.29 is 0 Å². The molecule has 0 bridgehead atoms. The highest BCUT2D eigenvalue weighted by Gasteiger charge is 2.21. The van der Waals surface area contributed by atoms with Crippen molar-refractivity contribution in [1.29, 1.82) is 0 Å². The summed E-state index contributed by atoms with van der Waals surface area (Å²) < 4.78 is 0. The maximum Gasteiger partial charge on any atom is 0.0466 e. The van der Waals surface area contributed by atoms with E-state index in [0.29, 0.717) is 0 Å². The van der Waals surface area contributed by atoms with Gasteiger partial charge in [0.15, 0.2) is 0 Å². The van der Waals surface area contributed by atoms with Crippen molar-refractivity contribution >= 4 is 10.9 Å². The van der Waals surface area contributed by atoms with E-state index in [2.05, 4.69) is 77.9 Å². The predicted molar refractivity (Wildman–Crippen MR) is 88.2 cm³/mol. The quantitative estimate of drug-likeness (QED) is 0.382. The number of aromatic amines is 1. The lowest BCUT2D eigenvalue weighted by Gasteiger charge is -2.10. The van der Waals surface area contributed by atoms with E-state index in [9.17, 15) is 0 Å². The van der Waals surface area contributed by atoms with Gasteiger partial charge in [-0.2, -0.15) is 0 Å². The number of benzene rings is 3. The van der Waals surface area contributed by atoms with Crippen LogP contribution in [0.5, 0.6) is 0 Å². The van der Waals surface area contributed by atoms with Gasteiger partial charge in [0, 0.05) is 22.7 Å². The number of nitrogens with one attached hydrogen (secondary N) is 1. The largest absolute Gasteiger partial charge is 0.361 e. The molecule has 1 nitrogen and oxygen atoms in total. The first-order chi connectivity index (χ1) is 10.4. The van der Waals surface area contributed by atoms with Gasteiger partial charge in [-0.15, -0.1) is 0 Å². The molecular weight excluding hydrogens is 254 g/mol. The Bertz CT molecular complexity index is 992. The second kappa shape index (κ2) is 3.86. The van der Waals surface area contributed by atoms with Crippen molar-refractivity contribution in [2.75, 3.05) is 0 Å². The zero-order chi connectivity index (χ0) is 13.8. The third kappa shape index (κ3) is 1.35. The molecule has 0 atom stereocenters. The molecule has 0 saturated carbocycles. The third-order valence-electron chi connectivity index (χ3n) is 4.43. The van der Waals surface area contributed by atoms with E-state index in [1.54, 1.807) is 0 Å². The van der Waals surface area contributed by atoms with Crippen LogP contribution in [0.15, 0.2) is 72.9 Å². The fourth-order valence-electron chi connectivity index (χ4n) is 3.53. The Morgan fingerprint density at radius 3 is 1.67 bits per heavy atom. The molecule has 3 aromatic carbocycles. The van der Waals surface area contributed by atoms with Crippen LogP contribution < -0.4 is 0 Å². The van der Waals surface area contributed by atoms with Crippen LogP contribution in [0.3, 0.4) is 0 Å². The number of hydrogen-bond donors (Lipinski definition) is 1. The van der Waals surface area contributed by atoms with Crippen molar-refractivity contribution in [2.24, 2.45) is 0 Å². The molecule has 21 heavy (non-hydrogen) atoms. The molecule has 98 valence electrons. The van der Waals surface area contributed by atoms with E-state index in [-0.39, 0.29) is 0 Å². The second-order valence-electron chi connectivity index (χ2n) is 5.52. The Morgan fingerprint density at radius 1 is 0.476 bits per heavy atom. The van der Waals surface area contributed by atoms with Crippen LogP contribution in [0.2, 0.25) is 0 Å². The Morgan fingerprint density at radius 2 is 1.00 bits per heavy atom. The summed E-state index contributed by atoms with van der Waals surface area (Å²) >= 11 is 0. The fourth-order valence-corrected chi connectivity index (χ4v) is 3.53.